The van der Waals surface area contributed by atoms with Crippen molar-refractivity contribution in [2.75, 3.05) is 0 Å². The molecule has 2 nitrogen and oxygen atoms in total. The highest BCUT2D eigenvalue weighted by Gasteiger charge is 2.27. The molecule has 16 heavy (non-hydrogen) atoms. The van der Waals surface area contributed by atoms with Crippen LogP contribution in [0.25, 0.3) is 0 Å². The summed E-state index contributed by atoms with van der Waals surface area (Å²) in [7, 11) is 0. The topological polar surface area (TPSA) is 17.8 Å². The summed E-state index contributed by atoms with van der Waals surface area (Å²) in [5, 5.41) is 5.17. The molecule has 4 heteroatoms. The van der Waals surface area contributed by atoms with Crippen LogP contribution in [-0.2, 0) is 6.54 Å². The summed E-state index contributed by atoms with van der Waals surface area (Å²) in [5.74, 6) is 0.525. The predicted octanol–water partition coefficient (Wildman–Crippen LogP) is 4.37. The summed E-state index contributed by atoms with van der Waals surface area (Å²) in [6, 6.07) is 0. The number of nitrogens with zero attached hydrogens (tertiary/aromatic N) is 2. The minimum absolute atomic E-state index is 0.525. The molecule has 1 fully saturated rings. The van der Waals surface area contributed by atoms with E-state index >= 15 is 0 Å². The molecule has 1 saturated carbocycles. The van der Waals surface area contributed by atoms with Crippen LogP contribution in [0.4, 0.5) is 0 Å². The van der Waals surface area contributed by atoms with Crippen LogP contribution in [0.15, 0.2) is 6.20 Å². The van der Waals surface area contributed by atoms with Crippen LogP contribution in [0.1, 0.15) is 50.6 Å². The fourth-order valence-corrected chi connectivity index (χ4v) is 3.68. The quantitative estimate of drug-likeness (QED) is 0.586. The third-order valence-electron chi connectivity index (χ3n) is 3.42. The largest absolute Gasteiger partial charge is 0.268 e. The van der Waals surface area contributed by atoms with E-state index in [0.29, 0.717) is 10.7 Å². The van der Waals surface area contributed by atoms with Gasteiger partial charge in [-0.05, 0) is 19.8 Å². The Labute approximate surface area is 110 Å². The van der Waals surface area contributed by atoms with Gasteiger partial charge in [-0.1, -0.05) is 46.8 Å². The summed E-state index contributed by atoms with van der Waals surface area (Å²) < 4.78 is 2.05. The van der Waals surface area contributed by atoms with Crippen LogP contribution in [0.2, 0.25) is 5.02 Å². The molecule has 0 aliphatic heterocycles. The van der Waals surface area contributed by atoms with Crippen LogP contribution in [0.3, 0.4) is 0 Å². The average Bonchev–Trinajstić information content (AvgIpc) is 2.51. The van der Waals surface area contributed by atoms with Gasteiger partial charge in [0.1, 0.15) is 0 Å². The van der Waals surface area contributed by atoms with Gasteiger partial charge in [-0.3, -0.25) is 4.68 Å². The Kier molecular flexibility index (Phi) is 4.31. The molecule has 2 atom stereocenters. The molecule has 0 aromatic carbocycles. The van der Waals surface area contributed by atoms with E-state index in [1.807, 2.05) is 4.68 Å². The van der Waals surface area contributed by atoms with Gasteiger partial charge in [0.15, 0.2) is 0 Å². The predicted molar refractivity (Wildman–Crippen MR) is 71.5 cm³/mol. The van der Waals surface area contributed by atoms with E-state index in [1.54, 1.807) is 6.20 Å². The number of rotatable bonds is 2. The molecule has 0 saturated heterocycles. The Morgan fingerprint density at radius 2 is 2.19 bits per heavy atom. The second kappa shape index (κ2) is 5.54. The summed E-state index contributed by atoms with van der Waals surface area (Å²) >= 11 is 10.1. The number of halogens is 2. The first-order chi connectivity index (χ1) is 7.74. The first-order valence-corrected chi connectivity index (χ1v) is 7.38. The van der Waals surface area contributed by atoms with Crippen molar-refractivity contribution >= 4 is 27.5 Å². The van der Waals surface area contributed by atoms with Gasteiger partial charge in [-0.2, -0.15) is 5.10 Å². The van der Waals surface area contributed by atoms with Gasteiger partial charge in [-0.25, -0.2) is 0 Å². The molecule has 1 heterocycles. The highest BCUT2D eigenvalue weighted by Crippen LogP contribution is 2.39. The molecule has 1 aliphatic rings. The van der Waals surface area contributed by atoms with Crippen molar-refractivity contribution in [2.45, 2.75) is 56.3 Å². The third-order valence-corrected chi connectivity index (χ3v) is 4.80. The molecule has 0 amide bonds. The summed E-state index contributed by atoms with van der Waals surface area (Å²) in [6.45, 7) is 3.02. The molecule has 1 aromatic rings. The molecule has 0 radical (unpaired) electrons. The van der Waals surface area contributed by atoms with Gasteiger partial charge in [-0.15, -0.1) is 0 Å². The second-order valence-electron chi connectivity index (χ2n) is 4.45. The van der Waals surface area contributed by atoms with E-state index in [2.05, 4.69) is 28.0 Å². The minimum atomic E-state index is 0.525. The molecule has 1 aliphatic carbocycles. The number of aromatic nitrogens is 2. The van der Waals surface area contributed by atoms with Crippen molar-refractivity contribution in [3.05, 3.63) is 16.9 Å². The van der Waals surface area contributed by atoms with Crippen molar-refractivity contribution < 1.29 is 0 Å². The first-order valence-electron chi connectivity index (χ1n) is 6.09. The van der Waals surface area contributed by atoms with Crippen molar-refractivity contribution in [1.82, 2.24) is 9.78 Å². The Bertz CT molecular complexity index is 351. The van der Waals surface area contributed by atoms with Gasteiger partial charge in [0.25, 0.3) is 0 Å². The lowest BCUT2D eigenvalue weighted by Crippen LogP contribution is -2.16. The van der Waals surface area contributed by atoms with E-state index in [-0.39, 0.29) is 0 Å². The molecule has 0 spiro atoms. The standard InChI is InChI=1S/C12H18BrClN2/c1-2-16-12(11(14)8-15-16)9-6-4-3-5-7-10(9)13/h8-10H,2-7H2,1H3. The van der Waals surface area contributed by atoms with E-state index in [9.17, 15) is 0 Å². The smallest absolute Gasteiger partial charge is 0.0821 e. The van der Waals surface area contributed by atoms with Gasteiger partial charge < -0.3 is 0 Å². The van der Waals surface area contributed by atoms with Gasteiger partial charge in [0.2, 0.25) is 0 Å². The lowest BCUT2D eigenvalue weighted by molar-refractivity contribution is 0.529. The zero-order valence-corrected chi connectivity index (χ0v) is 12.0. The monoisotopic (exact) mass is 304 g/mol. The average molecular weight is 306 g/mol. The van der Waals surface area contributed by atoms with E-state index in [1.165, 1.54) is 37.8 Å². The molecule has 2 rings (SSSR count). The van der Waals surface area contributed by atoms with Crippen LogP contribution in [-0.4, -0.2) is 14.6 Å². The Morgan fingerprint density at radius 3 is 2.94 bits per heavy atom. The Morgan fingerprint density at radius 1 is 1.44 bits per heavy atom. The van der Waals surface area contributed by atoms with Crippen LogP contribution >= 0.6 is 27.5 Å². The van der Waals surface area contributed by atoms with Crippen LogP contribution < -0.4 is 0 Å². The van der Waals surface area contributed by atoms with Crippen molar-refractivity contribution in [3.8, 4) is 0 Å². The second-order valence-corrected chi connectivity index (χ2v) is 6.04. The number of hydrogen-bond donors (Lipinski definition) is 0. The lowest BCUT2D eigenvalue weighted by Gasteiger charge is -2.21. The highest BCUT2D eigenvalue weighted by atomic mass is 79.9. The lowest BCUT2D eigenvalue weighted by atomic mass is 9.96. The highest BCUT2D eigenvalue weighted by molar-refractivity contribution is 9.09. The maximum absolute atomic E-state index is 6.27. The Balaban J connectivity index is 2.29. The number of alkyl halides is 1. The third kappa shape index (κ3) is 2.45. The fourth-order valence-electron chi connectivity index (χ4n) is 2.56. The van der Waals surface area contributed by atoms with Crippen LogP contribution in [0, 0.1) is 0 Å². The first kappa shape index (κ1) is 12.4. The normalized spacial score (nSPS) is 26.7. The van der Waals surface area contributed by atoms with Gasteiger partial charge in [0, 0.05) is 17.3 Å². The van der Waals surface area contributed by atoms with Gasteiger partial charge in [0.05, 0.1) is 16.9 Å². The van der Waals surface area contributed by atoms with Crippen molar-refractivity contribution in [2.24, 2.45) is 0 Å². The molecule has 0 N–H and O–H groups in total. The molecule has 1 aromatic heterocycles. The fraction of sp³-hybridized carbons (Fsp3) is 0.750. The van der Waals surface area contributed by atoms with Crippen molar-refractivity contribution in [1.29, 1.82) is 0 Å². The van der Waals surface area contributed by atoms with Gasteiger partial charge >= 0.3 is 0 Å². The summed E-state index contributed by atoms with van der Waals surface area (Å²) in [4.78, 5) is 0.550. The number of hydrogen-bond acceptors (Lipinski definition) is 1. The van der Waals surface area contributed by atoms with Crippen LogP contribution in [0.5, 0.6) is 0 Å². The molecule has 2 unspecified atom stereocenters. The SMILES string of the molecule is CCn1ncc(Cl)c1C1CCCCCC1Br. The summed E-state index contributed by atoms with van der Waals surface area (Å²) in [6.07, 6.45) is 8.22. The molecule has 90 valence electrons. The summed E-state index contributed by atoms with van der Waals surface area (Å²) in [5.41, 5.74) is 1.23. The molecular weight excluding hydrogens is 288 g/mol. The van der Waals surface area contributed by atoms with E-state index < -0.39 is 0 Å². The Hall–Kier alpha value is -0.0200. The minimum Gasteiger partial charge on any atom is -0.268 e. The zero-order chi connectivity index (χ0) is 11.5. The van der Waals surface area contributed by atoms with E-state index in [4.69, 9.17) is 11.6 Å². The van der Waals surface area contributed by atoms with E-state index in [0.717, 1.165) is 11.6 Å². The zero-order valence-electron chi connectivity index (χ0n) is 9.63. The molecular formula is C12H18BrClN2. The maximum Gasteiger partial charge on any atom is 0.0821 e. The number of aryl methyl sites for hydroxylation is 1. The van der Waals surface area contributed by atoms with Crippen molar-refractivity contribution in [3.63, 3.8) is 0 Å². The maximum atomic E-state index is 6.27. The molecule has 0 bridgehead atoms.